The molecule has 0 aromatic carbocycles. The topological polar surface area (TPSA) is 62.0 Å². The van der Waals surface area contributed by atoms with Crippen LogP contribution in [0.3, 0.4) is 0 Å². The van der Waals surface area contributed by atoms with Crippen LogP contribution < -0.4 is 5.73 Å². The molecule has 4 N–H and O–H groups in total. The second-order valence-corrected chi connectivity index (χ2v) is 4.28. The maximum atomic E-state index is 9.99. The van der Waals surface area contributed by atoms with Gasteiger partial charge in [-0.3, -0.25) is 0 Å². The van der Waals surface area contributed by atoms with E-state index in [1.165, 1.54) is 17.7 Å². The van der Waals surface area contributed by atoms with Gasteiger partial charge in [0, 0.05) is 23.0 Å². The smallest absolute Gasteiger partial charge is 0.0958 e. The molecule has 2 rings (SSSR count). The van der Waals surface area contributed by atoms with Crippen molar-refractivity contribution in [2.75, 3.05) is 0 Å². The number of aromatic nitrogens is 1. The molecule has 78 valence electrons. The lowest BCUT2D eigenvalue weighted by Gasteiger charge is -2.16. The molecule has 1 aliphatic carbocycles. The summed E-state index contributed by atoms with van der Waals surface area (Å²) in [6, 6.07) is -0.200. The van der Waals surface area contributed by atoms with E-state index in [0.29, 0.717) is 0 Å². The molecule has 0 saturated carbocycles. The lowest BCUT2D eigenvalue weighted by Crippen LogP contribution is -2.25. The number of aromatic amines is 1. The highest BCUT2D eigenvalue weighted by Crippen LogP contribution is 2.32. The van der Waals surface area contributed by atoms with Gasteiger partial charge in [0.1, 0.15) is 0 Å². The number of nitrogens with one attached hydrogen (secondary N) is 1. The van der Waals surface area contributed by atoms with Crippen LogP contribution in [0.25, 0.3) is 0 Å². The zero-order chi connectivity index (χ0) is 10.3. The first-order valence-electron chi connectivity index (χ1n) is 5.25. The Hall–Kier alpha value is -0.800. The second kappa shape index (κ2) is 3.41. The fraction of sp³-hybridized carbons (Fsp3) is 0.636. The van der Waals surface area contributed by atoms with Crippen LogP contribution in [0.2, 0.25) is 0 Å². The molecule has 0 bridgehead atoms. The Bertz CT molecular complexity index is 341. The van der Waals surface area contributed by atoms with E-state index in [0.717, 1.165) is 24.1 Å². The summed E-state index contributed by atoms with van der Waals surface area (Å²) in [6.07, 6.45) is 2.87. The minimum Gasteiger partial charge on any atom is -0.387 e. The van der Waals surface area contributed by atoms with Gasteiger partial charge in [-0.15, -0.1) is 0 Å². The summed E-state index contributed by atoms with van der Waals surface area (Å²) >= 11 is 0. The lowest BCUT2D eigenvalue weighted by molar-refractivity contribution is 0.152. The van der Waals surface area contributed by atoms with E-state index in [1.54, 1.807) is 0 Å². The van der Waals surface area contributed by atoms with Crippen molar-refractivity contribution in [2.45, 2.75) is 45.3 Å². The van der Waals surface area contributed by atoms with E-state index >= 15 is 0 Å². The molecule has 2 unspecified atom stereocenters. The van der Waals surface area contributed by atoms with Crippen molar-refractivity contribution in [2.24, 2.45) is 5.73 Å². The van der Waals surface area contributed by atoms with Gasteiger partial charge in [-0.05, 0) is 38.7 Å². The summed E-state index contributed by atoms with van der Waals surface area (Å²) in [6.45, 7) is 3.86. The first-order chi connectivity index (χ1) is 6.61. The van der Waals surface area contributed by atoms with E-state index in [4.69, 9.17) is 5.73 Å². The Kier molecular flexibility index (Phi) is 2.37. The van der Waals surface area contributed by atoms with Crippen molar-refractivity contribution < 1.29 is 5.11 Å². The van der Waals surface area contributed by atoms with Gasteiger partial charge in [-0.25, -0.2) is 0 Å². The fourth-order valence-electron chi connectivity index (χ4n) is 2.36. The van der Waals surface area contributed by atoms with Crippen LogP contribution in [0.5, 0.6) is 0 Å². The highest BCUT2D eigenvalue weighted by molar-refractivity contribution is 5.41. The predicted octanol–water partition coefficient (Wildman–Crippen LogP) is 1.19. The number of hydrogen-bond acceptors (Lipinski definition) is 2. The summed E-state index contributed by atoms with van der Waals surface area (Å²) in [7, 11) is 0. The number of hydrogen-bond donors (Lipinski definition) is 3. The van der Waals surface area contributed by atoms with E-state index < -0.39 is 6.10 Å². The van der Waals surface area contributed by atoms with Gasteiger partial charge in [0.25, 0.3) is 0 Å². The largest absolute Gasteiger partial charge is 0.387 e. The number of rotatable bonds is 2. The monoisotopic (exact) mass is 194 g/mol. The molecule has 1 aromatic rings. The number of aliphatic hydroxyl groups is 1. The van der Waals surface area contributed by atoms with Crippen LogP contribution >= 0.6 is 0 Å². The minimum atomic E-state index is -0.520. The zero-order valence-corrected chi connectivity index (χ0v) is 8.80. The van der Waals surface area contributed by atoms with Crippen molar-refractivity contribution in [3.05, 3.63) is 22.5 Å². The molecular weight excluding hydrogens is 176 g/mol. The molecule has 1 aromatic heterocycles. The summed E-state index contributed by atoms with van der Waals surface area (Å²) in [5.41, 5.74) is 10.5. The second-order valence-electron chi connectivity index (χ2n) is 4.28. The first kappa shape index (κ1) is 9.74. The molecule has 1 aliphatic rings. The summed E-state index contributed by atoms with van der Waals surface area (Å²) < 4.78 is 0. The van der Waals surface area contributed by atoms with Crippen molar-refractivity contribution >= 4 is 0 Å². The predicted molar refractivity (Wildman–Crippen MR) is 56.2 cm³/mol. The fourth-order valence-corrected chi connectivity index (χ4v) is 2.36. The van der Waals surface area contributed by atoms with Gasteiger partial charge in [-0.2, -0.15) is 0 Å². The molecule has 2 atom stereocenters. The van der Waals surface area contributed by atoms with E-state index in [-0.39, 0.29) is 6.04 Å². The minimum absolute atomic E-state index is 0.200. The molecule has 0 radical (unpaired) electrons. The Morgan fingerprint density at radius 3 is 2.79 bits per heavy atom. The quantitative estimate of drug-likeness (QED) is 0.662. The summed E-state index contributed by atoms with van der Waals surface area (Å²) in [5, 5.41) is 9.99. The van der Waals surface area contributed by atoms with Crippen molar-refractivity contribution in [1.29, 1.82) is 0 Å². The van der Waals surface area contributed by atoms with Gasteiger partial charge in [0.05, 0.1) is 6.10 Å². The van der Waals surface area contributed by atoms with Gasteiger partial charge in [-0.1, -0.05) is 0 Å². The average molecular weight is 194 g/mol. The van der Waals surface area contributed by atoms with E-state index in [1.807, 2.05) is 13.8 Å². The maximum Gasteiger partial charge on any atom is 0.0958 e. The molecular formula is C11H18N2O. The molecule has 0 saturated heterocycles. The Labute approximate surface area is 84.3 Å². The highest BCUT2D eigenvalue weighted by atomic mass is 16.3. The molecule has 14 heavy (non-hydrogen) atoms. The number of H-pyrrole nitrogens is 1. The molecule has 3 nitrogen and oxygen atoms in total. The summed E-state index contributed by atoms with van der Waals surface area (Å²) in [4.78, 5) is 3.35. The van der Waals surface area contributed by atoms with Crippen molar-refractivity contribution in [3.8, 4) is 0 Å². The van der Waals surface area contributed by atoms with Gasteiger partial charge >= 0.3 is 0 Å². The summed E-state index contributed by atoms with van der Waals surface area (Å²) in [5.74, 6) is 0. The lowest BCUT2D eigenvalue weighted by atomic mass is 9.99. The van der Waals surface area contributed by atoms with Crippen LogP contribution in [-0.2, 0) is 12.8 Å². The molecule has 0 amide bonds. The Morgan fingerprint density at radius 1 is 1.43 bits per heavy atom. The molecule has 3 heteroatoms. The van der Waals surface area contributed by atoms with Crippen LogP contribution in [0, 0.1) is 6.92 Å². The molecule has 0 spiro atoms. The van der Waals surface area contributed by atoms with Crippen LogP contribution in [0.1, 0.15) is 42.0 Å². The van der Waals surface area contributed by atoms with Gasteiger partial charge in [0.15, 0.2) is 0 Å². The van der Waals surface area contributed by atoms with Gasteiger partial charge in [0.2, 0.25) is 0 Å². The van der Waals surface area contributed by atoms with Gasteiger partial charge < -0.3 is 15.8 Å². The Morgan fingerprint density at radius 2 is 2.14 bits per heavy atom. The molecule has 1 heterocycles. The number of aliphatic hydroxyl groups excluding tert-OH is 1. The maximum absolute atomic E-state index is 9.99. The molecule has 0 fully saturated rings. The van der Waals surface area contributed by atoms with Crippen molar-refractivity contribution in [3.63, 3.8) is 0 Å². The number of fused-ring (bicyclic) bond motifs is 1. The normalized spacial score (nSPS) is 19.4. The van der Waals surface area contributed by atoms with E-state index in [2.05, 4.69) is 4.98 Å². The van der Waals surface area contributed by atoms with E-state index in [9.17, 15) is 5.11 Å². The third-order valence-corrected chi connectivity index (χ3v) is 3.08. The highest BCUT2D eigenvalue weighted by Gasteiger charge is 2.25. The number of aryl methyl sites for hydroxylation is 2. The first-order valence-corrected chi connectivity index (χ1v) is 5.25. The zero-order valence-electron chi connectivity index (χ0n) is 8.80. The average Bonchev–Trinajstić information content (AvgIpc) is 2.62. The Balaban J connectivity index is 2.42. The van der Waals surface area contributed by atoms with Crippen LogP contribution in [0.4, 0.5) is 0 Å². The third-order valence-electron chi connectivity index (χ3n) is 3.08. The SMILES string of the molecule is Cc1[nH]c2c(c1C(O)C(C)N)CCC2. The standard InChI is InChI=1S/C11H18N2O/c1-6(12)11(14)10-7(2)13-9-5-3-4-8(9)10/h6,11,13-14H,3-5,12H2,1-2H3. The number of nitrogens with two attached hydrogens (primary N) is 1. The third kappa shape index (κ3) is 1.37. The molecule has 0 aliphatic heterocycles. The van der Waals surface area contributed by atoms with Crippen LogP contribution in [-0.4, -0.2) is 16.1 Å². The van der Waals surface area contributed by atoms with Crippen LogP contribution in [0.15, 0.2) is 0 Å². The van der Waals surface area contributed by atoms with Crippen molar-refractivity contribution in [1.82, 2.24) is 4.98 Å².